The highest BCUT2D eigenvalue weighted by Gasteiger charge is 2.37. The first-order valence-corrected chi connectivity index (χ1v) is 26.3. The van der Waals surface area contributed by atoms with Crippen LogP contribution in [0.25, 0.3) is 0 Å². The number of aliphatic carboxylic acids is 2. The molecule has 0 aliphatic heterocycles. The van der Waals surface area contributed by atoms with Crippen molar-refractivity contribution < 1.29 is 93.3 Å². The summed E-state index contributed by atoms with van der Waals surface area (Å²) in [7, 11) is 0. The van der Waals surface area contributed by atoms with Crippen molar-refractivity contribution >= 4 is 82.9 Å². The number of aliphatic hydroxyl groups is 4. The van der Waals surface area contributed by atoms with Crippen molar-refractivity contribution in [3.63, 3.8) is 0 Å². The molecule has 0 radical (unpaired) electrons. The molecule has 0 saturated carbocycles. The summed E-state index contributed by atoms with van der Waals surface area (Å²) < 4.78 is 0. The van der Waals surface area contributed by atoms with Crippen LogP contribution >= 0.6 is 0 Å². The first-order chi connectivity index (χ1) is 40.0. The van der Waals surface area contributed by atoms with Crippen molar-refractivity contribution in [1.29, 1.82) is 0 Å². The Labute approximate surface area is 485 Å². The Morgan fingerprint density at radius 3 is 1.24 bits per heavy atom. The summed E-state index contributed by atoms with van der Waals surface area (Å²) in [6.07, 6.45) is -3.68. The van der Waals surface area contributed by atoms with E-state index in [1.807, 2.05) is 10.6 Å². The molecular formula is C48H80N18O19. The molecule has 1 aromatic carbocycles. The zero-order valence-corrected chi connectivity index (χ0v) is 46.4. The first kappa shape index (κ1) is 74.0. The molecule has 1 aromatic rings. The third-order valence-electron chi connectivity index (χ3n) is 12.0. The minimum absolute atomic E-state index is 0.0381. The van der Waals surface area contributed by atoms with Gasteiger partial charge in [0.1, 0.15) is 54.1 Å². The van der Waals surface area contributed by atoms with Gasteiger partial charge in [0.2, 0.25) is 59.1 Å². The Hall–Kier alpha value is -9.04. The molecule has 0 spiro atoms. The lowest BCUT2D eigenvalue weighted by Gasteiger charge is -2.27. The third-order valence-corrected chi connectivity index (χ3v) is 12.0. The zero-order chi connectivity index (χ0) is 64.5. The van der Waals surface area contributed by atoms with E-state index in [0.717, 1.165) is 6.92 Å². The van der Waals surface area contributed by atoms with Crippen LogP contribution in [0.2, 0.25) is 0 Å². The van der Waals surface area contributed by atoms with Crippen LogP contribution in [-0.4, -0.2) is 225 Å². The van der Waals surface area contributed by atoms with E-state index in [9.17, 15) is 93.3 Å². The van der Waals surface area contributed by atoms with Gasteiger partial charge in [-0.3, -0.25) is 62.7 Å². The fourth-order valence-corrected chi connectivity index (χ4v) is 7.47. The number of rotatable bonds is 41. The summed E-state index contributed by atoms with van der Waals surface area (Å²) in [5, 5.41) is 89.1. The molecule has 10 amide bonds. The number of nitrogens with one attached hydrogen (secondary N) is 9. The molecule has 30 N–H and O–H groups in total. The maximum Gasteiger partial charge on any atom is 0.328 e. The Bertz CT molecular complexity index is 2500. The minimum Gasteiger partial charge on any atom is -0.508 e. The molecule has 0 aliphatic rings. The van der Waals surface area contributed by atoms with Crippen molar-refractivity contribution in [1.82, 2.24) is 47.9 Å². The number of guanidine groups is 2. The van der Waals surface area contributed by atoms with Crippen molar-refractivity contribution in [2.75, 3.05) is 39.5 Å². The van der Waals surface area contributed by atoms with Gasteiger partial charge in [-0.1, -0.05) is 18.6 Å². The zero-order valence-electron chi connectivity index (χ0n) is 46.4. The van der Waals surface area contributed by atoms with E-state index in [2.05, 4.69) is 47.2 Å². The second kappa shape index (κ2) is 38.7. The second-order valence-corrected chi connectivity index (χ2v) is 19.0. The van der Waals surface area contributed by atoms with Gasteiger partial charge in [-0.15, -0.1) is 0 Å². The number of phenolic OH excluding ortho intramolecular Hbond substituents is 1. The van der Waals surface area contributed by atoms with Gasteiger partial charge < -0.3 is 124 Å². The predicted molar refractivity (Wildman–Crippen MR) is 297 cm³/mol. The maximum atomic E-state index is 14.2. The first-order valence-electron chi connectivity index (χ1n) is 26.3. The number of phenols is 1. The quantitative estimate of drug-likeness (QED) is 0.0164. The van der Waals surface area contributed by atoms with Crippen LogP contribution in [-0.2, 0) is 64.0 Å². The number of hydrogen-bond donors (Lipinski definition) is 23. The lowest BCUT2D eigenvalue weighted by atomic mass is 10.0. The van der Waals surface area contributed by atoms with Crippen molar-refractivity contribution in [2.45, 2.75) is 138 Å². The maximum absolute atomic E-state index is 14.2. The average molecular weight is 1210 g/mol. The fraction of sp³-hybridized carbons (Fsp3) is 0.583. The molecule has 11 atom stereocenters. The van der Waals surface area contributed by atoms with Gasteiger partial charge in [-0.2, -0.15) is 0 Å². The molecule has 1 rings (SSSR count). The van der Waals surface area contributed by atoms with Crippen LogP contribution < -0.4 is 88.0 Å². The molecule has 0 bridgehead atoms. The van der Waals surface area contributed by atoms with Crippen LogP contribution in [0.5, 0.6) is 5.75 Å². The molecule has 0 unspecified atom stereocenters. The number of hydrogen-bond acceptors (Lipinski definition) is 21. The Morgan fingerprint density at radius 2 is 0.847 bits per heavy atom. The molecule has 85 heavy (non-hydrogen) atoms. The molecule has 37 heteroatoms. The molecule has 0 aliphatic carbocycles. The average Bonchev–Trinajstić information content (AvgIpc) is 3.55. The fourth-order valence-electron chi connectivity index (χ4n) is 7.47. The third kappa shape index (κ3) is 28.7. The number of aliphatic imine (C=N–C) groups is 2. The number of carboxylic acids is 2. The predicted octanol–water partition coefficient (Wildman–Crippen LogP) is -11.3. The highest BCUT2D eigenvalue weighted by molar-refractivity contribution is 5.99. The number of nitrogens with two attached hydrogens (primary N) is 7. The lowest BCUT2D eigenvalue weighted by Crippen LogP contribution is -2.62. The van der Waals surface area contributed by atoms with E-state index in [1.165, 1.54) is 24.3 Å². The van der Waals surface area contributed by atoms with Crippen LogP contribution in [0, 0.1) is 0 Å². The van der Waals surface area contributed by atoms with E-state index in [1.54, 1.807) is 0 Å². The highest BCUT2D eigenvalue weighted by Crippen LogP contribution is 2.13. The summed E-state index contributed by atoms with van der Waals surface area (Å²) in [5.41, 5.74) is 38.7. The van der Waals surface area contributed by atoms with Crippen LogP contribution in [0.4, 0.5) is 0 Å². The number of carbonyl (C=O) groups excluding carboxylic acids is 10. The van der Waals surface area contributed by atoms with E-state index in [4.69, 9.17) is 40.1 Å². The molecular weight excluding hydrogens is 1130 g/mol. The Kier molecular flexibility index (Phi) is 33.7. The summed E-state index contributed by atoms with van der Waals surface area (Å²) in [5.74, 6) is -16.2. The SMILES string of the molecule is C[C@@H](O)[C@H](NC(=O)[C@H](CC(=O)O)NC(=O)[C@H](CO)NC(=O)[C@H](Cc1ccc(O)cc1)NC(=O)[C@H](CO)NC(=O)[C@H](CCCN=C(N)N)NC(=O)[C@H](CCCN=C(N)N)NC(=O)[C@H](CO)NC(=O)[C@H](CC(N)=O)NC(=O)[C@@H](N)CCCCN)C(=O)O. The van der Waals surface area contributed by atoms with Crippen LogP contribution in [0.3, 0.4) is 0 Å². The van der Waals surface area contributed by atoms with Crippen LogP contribution in [0.15, 0.2) is 34.3 Å². The number of unbranched alkanes of at least 4 members (excludes halogenated alkanes) is 1. The molecule has 476 valence electrons. The Morgan fingerprint density at radius 1 is 0.482 bits per heavy atom. The van der Waals surface area contributed by atoms with Gasteiger partial charge in [0.05, 0.1) is 44.8 Å². The number of carbonyl (C=O) groups is 12. The van der Waals surface area contributed by atoms with Gasteiger partial charge in [-0.05, 0) is 69.7 Å². The van der Waals surface area contributed by atoms with E-state index < -0.39 is 177 Å². The summed E-state index contributed by atoms with van der Waals surface area (Å²) in [6.45, 7) is -2.49. The number of primary amides is 1. The number of aromatic hydroxyl groups is 1. The number of nitrogens with zero attached hydrogens (tertiary/aromatic N) is 2. The Balaban J connectivity index is 3.60. The van der Waals surface area contributed by atoms with Crippen molar-refractivity contribution in [2.24, 2.45) is 50.1 Å². The van der Waals surface area contributed by atoms with E-state index in [0.29, 0.717) is 19.4 Å². The summed E-state index contributed by atoms with van der Waals surface area (Å²) in [6, 6.07) is -12.8. The monoisotopic (exact) mass is 1210 g/mol. The van der Waals surface area contributed by atoms with Gasteiger partial charge in [0, 0.05) is 19.5 Å². The van der Waals surface area contributed by atoms with Crippen molar-refractivity contribution in [3.8, 4) is 5.75 Å². The molecule has 0 fully saturated rings. The summed E-state index contributed by atoms with van der Waals surface area (Å²) >= 11 is 0. The molecule has 0 saturated heterocycles. The smallest absolute Gasteiger partial charge is 0.328 e. The molecule has 0 heterocycles. The summed E-state index contributed by atoms with van der Waals surface area (Å²) in [4.78, 5) is 165. The number of aliphatic hydroxyl groups excluding tert-OH is 4. The molecule has 0 aromatic heterocycles. The van der Waals surface area contributed by atoms with Crippen molar-refractivity contribution in [3.05, 3.63) is 29.8 Å². The topological polar surface area (TPSA) is 662 Å². The van der Waals surface area contributed by atoms with Gasteiger partial charge in [0.15, 0.2) is 18.0 Å². The number of amides is 10. The van der Waals surface area contributed by atoms with Gasteiger partial charge in [-0.25, -0.2) is 4.79 Å². The standard InChI is InChI=1S/C48H80N18O19/c1-22(70)36(46(84)85)66-42(80)30(18-35(73)74)62-45(83)33(21-69)64-40(78)28(16-23-9-11-24(71)12-10-23)61-44(82)32(20-68)63-39(77)27(8-5-15-57-48(54)55)58-38(76)26(7-4-14-56-47(52)53)59-43(81)31(19-67)65-41(79)29(17-34(51)72)60-37(75)25(50)6-2-3-13-49/h9-12,22,25-33,36,67-71H,2-8,13-21,49-50H2,1H3,(H2,51,72)(H,58,76)(H,59,81)(H,60,75)(H,61,82)(H,62,83)(H,63,77)(H,64,78)(H,65,79)(H,66,80)(H,73,74)(H,84,85)(H4,52,53,56)(H4,54,55,57)/t22-,25+,26+,27+,28+,29+,30+,31+,32+,33+,36+/m1/s1. The van der Waals surface area contributed by atoms with Gasteiger partial charge >= 0.3 is 11.9 Å². The normalized spacial score (nSPS) is 14.8. The van der Waals surface area contributed by atoms with Crippen LogP contribution in [0.1, 0.15) is 70.3 Å². The molecule has 37 nitrogen and oxygen atoms in total. The van der Waals surface area contributed by atoms with Gasteiger partial charge in [0.25, 0.3) is 0 Å². The number of benzene rings is 1. The second-order valence-electron chi connectivity index (χ2n) is 19.0. The minimum atomic E-state index is -2.04. The highest BCUT2D eigenvalue weighted by atomic mass is 16.4. The van der Waals surface area contributed by atoms with E-state index >= 15 is 0 Å². The lowest BCUT2D eigenvalue weighted by molar-refractivity contribution is -0.146. The van der Waals surface area contributed by atoms with E-state index in [-0.39, 0.29) is 68.4 Å². The largest absolute Gasteiger partial charge is 0.508 e. The number of carboxylic acid groups (broad SMARTS) is 2.